The van der Waals surface area contributed by atoms with Crippen molar-refractivity contribution in [3.63, 3.8) is 0 Å². The van der Waals surface area contributed by atoms with Crippen LogP contribution in [0.4, 0.5) is 0 Å². The molecule has 0 saturated heterocycles. The fraction of sp³-hybridized carbons (Fsp3) is 0.300. The summed E-state index contributed by atoms with van der Waals surface area (Å²) in [6, 6.07) is 26.2. The van der Waals surface area contributed by atoms with E-state index in [1.54, 1.807) is 6.08 Å². The molecule has 0 spiro atoms. The molecule has 0 aliphatic rings. The quantitative estimate of drug-likeness (QED) is 0.192. The van der Waals surface area contributed by atoms with E-state index in [2.05, 4.69) is 6.92 Å². The summed E-state index contributed by atoms with van der Waals surface area (Å²) in [6.45, 7) is 3.13. The Labute approximate surface area is 198 Å². The van der Waals surface area contributed by atoms with Gasteiger partial charge in [-0.2, -0.15) is 0 Å². The molecular weight excluding hydrogens is 408 g/mol. The second-order valence-corrected chi connectivity index (χ2v) is 8.21. The Hall–Kier alpha value is -3.33. The molecule has 0 radical (unpaired) electrons. The third-order valence-corrected chi connectivity index (χ3v) is 5.42. The molecular formula is C30H34O3. The third kappa shape index (κ3) is 8.97. The zero-order valence-electron chi connectivity index (χ0n) is 19.5. The van der Waals surface area contributed by atoms with E-state index in [9.17, 15) is 4.79 Å². The molecule has 0 bridgehead atoms. The molecule has 0 atom stereocenters. The first-order valence-corrected chi connectivity index (χ1v) is 11.9. The zero-order valence-corrected chi connectivity index (χ0v) is 19.5. The van der Waals surface area contributed by atoms with Gasteiger partial charge in [-0.05, 0) is 47.7 Å². The third-order valence-electron chi connectivity index (χ3n) is 5.42. The minimum absolute atomic E-state index is 0.203. The number of ether oxygens (including phenoxy) is 2. The van der Waals surface area contributed by atoms with Crippen molar-refractivity contribution in [1.82, 2.24) is 0 Å². The number of allylic oxidation sites excluding steroid dienone is 2. The molecule has 3 aromatic rings. The highest BCUT2D eigenvalue weighted by Gasteiger charge is 2.08. The second kappa shape index (κ2) is 13.9. The molecule has 3 aromatic carbocycles. The summed E-state index contributed by atoms with van der Waals surface area (Å²) >= 11 is 0. The number of benzene rings is 3. The Morgan fingerprint density at radius 3 is 2.00 bits per heavy atom. The maximum absolute atomic E-state index is 12.1. The fourth-order valence-electron chi connectivity index (χ4n) is 3.52. The van der Waals surface area contributed by atoms with Crippen LogP contribution in [-0.2, 0) is 24.4 Å². The Kier molecular flexibility index (Phi) is 10.3. The molecule has 172 valence electrons. The van der Waals surface area contributed by atoms with E-state index in [1.165, 1.54) is 12.8 Å². The summed E-state index contributed by atoms with van der Waals surface area (Å²) in [5, 5.41) is 0. The van der Waals surface area contributed by atoms with Crippen LogP contribution in [0.5, 0.6) is 11.5 Å². The second-order valence-electron chi connectivity index (χ2n) is 8.21. The topological polar surface area (TPSA) is 35.5 Å². The molecule has 0 aromatic heterocycles. The Morgan fingerprint density at radius 1 is 0.727 bits per heavy atom. The highest BCUT2D eigenvalue weighted by Crippen LogP contribution is 2.30. The van der Waals surface area contributed by atoms with Gasteiger partial charge >= 0.3 is 0 Å². The van der Waals surface area contributed by atoms with Crippen molar-refractivity contribution in [2.75, 3.05) is 0 Å². The van der Waals surface area contributed by atoms with Crippen LogP contribution < -0.4 is 9.47 Å². The van der Waals surface area contributed by atoms with Gasteiger partial charge in [0.2, 0.25) is 0 Å². The smallest absolute Gasteiger partial charge is 0.161 e. The molecule has 0 fully saturated rings. The van der Waals surface area contributed by atoms with Crippen molar-refractivity contribution in [1.29, 1.82) is 0 Å². The van der Waals surface area contributed by atoms with Gasteiger partial charge in [-0.1, -0.05) is 99.0 Å². The maximum atomic E-state index is 12.1. The zero-order chi connectivity index (χ0) is 23.1. The minimum atomic E-state index is 0.203. The lowest BCUT2D eigenvalue weighted by atomic mass is 10.1. The fourth-order valence-corrected chi connectivity index (χ4v) is 3.52. The molecule has 0 unspecified atom stereocenters. The summed E-state index contributed by atoms with van der Waals surface area (Å²) in [5.74, 6) is 1.63. The van der Waals surface area contributed by atoms with Crippen LogP contribution in [0, 0.1) is 0 Å². The van der Waals surface area contributed by atoms with Crippen molar-refractivity contribution in [3.05, 3.63) is 108 Å². The monoisotopic (exact) mass is 442 g/mol. The van der Waals surface area contributed by atoms with E-state index in [1.807, 2.05) is 84.9 Å². The molecule has 0 amide bonds. The van der Waals surface area contributed by atoms with Gasteiger partial charge in [0.05, 0.1) is 0 Å². The van der Waals surface area contributed by atoms with Crippen LogP contribution >= 0.6 is 0 Å². The number of unbranched alkanes of at least 4 members (excludes halogenated alkanes) is 3. The minimum Gasteiger partial charge on any atom is -0.485 e. The van der Waals surface area contributed by atoms with E-state index in [0.29, 0.717) is 31.8 Å². The van der Waals surface area contributed by atoms with E-state index in [4.69, 9.17) is 9.47 Å². The Balaban J connectivity index is 1.63. The van der Waals surface area contributed by atoms with Crippen LogP contribution in [0.25, 0.3) is 0 Å². The standard InChI is InChI=1S/C30H34O3/c1-2-3-4-11-18-28(31)19-12-17-25-20-21-29(32-23-26-13-7-5-8-14-26)30(22-25)33-24-27-15-9-6-10-16-27/h5-10,12-16,19-22H,2-4,11,17-18,23-24H2,1H3/b19-12+. The van der Waals surface area contributed by atoms with Gasteiger partial charge in [0.1, 0.15) is 13.2 Å². The predicted octanol–water partition coefficient (Wildman–Crippen LogP) is 7.48. The summed E-state index contributed by atoms with van der Waals surface area (Å²) < 4.78 is 12.2. The van der Waals surface area contributed by atoms with Gasteiger partial charge in [0, 0.05) is 6.42 Å². The number of hydrogen-bond donors (Lipinski definition) is 0. The summed E-state index contributed by atoms with van der Waals surface area (Å²) in [5.41, 5.74) is 3.29. The predicted molar refractivity (Wildman–Crippen MR) is 135 cm³/mol. The molecule has 0 heterocycles. The molecule has 3 rings (SSSR count). The van der Waals surface area contributed by atoms with Crippen LogP contribution in [0.3, 0.4) is 0 Å². The molecule has 0 N–H and O–H groups in total. The number of carbonyl (C=O) groups excluding carboxylic acids is 1. The lowest BCUT2D eigenvalue weighted by Crippen LogP contribution is -2.01. The molecule has 3 nitrogen and oxygen atoms in total. The lowest BCUT2D eigenvalue weighted by molar-refractivity contribution is -0.114. The largest absolute Gasteiger partial charge is 0.485 e. The van der Waals surface area contributed by atoms with E-state index in [-0.39, 0.29) is 5.78 Å². The van der Waals surface area contributed by atoms with Gasteiger partial charge in [-0.25, -0.2) is 0 Å². The molecule has 0 aliphatic heterocycles. The average molecular weight is 443 g/mol. The Bertz CT molecular complexity index is 994. The van der Waals surface area contributed by atoms with E-state index < -0.39 is 0 Å². The first-order chi connectivity index (χ1) is 16.2. The summed E-state index contributed by atoms with van der Waals surface area (Å²) in [7, 11) is 0. The van der Waals surface area contributed by atoms with Crippen molar-refractivity contribution in [3.8, 4) is 11.5 Å². The van der Waals surface area contributed by atoms with Crippen LogP contribution in [0.1, 0.15) is 55.7 Å². The van der Waals surface area contributed by atoms with Crippen LogP contribution in [0.2, 0.25) is 0 Å². The normalized spacial score (nSPS) is 10.9. The van der Waals surface area contributed by atoms with Crippen LogP contribution in [-0.4, -0.2) is 5.78 Å². The highest BCUT2D eigenvalue weighted by atomic mass is 16.5. The number of carbonyl (C=O) groups is 1. The van der Waals surface area contributed by atoms with Gasteiger partial charge in [-0.15, -0.1) is 0 Å². The Morgan fingerprint density at radius 2 is 1.36 bits per heavy atom. The van der Waals surface area contributed by atoms with Crippen molar-refractivity contribution >= 4 is 5.78 Å². The first kappa shape index (κ1) is 24.3. The van der Waals surface area contributed by atoms with Crippen molar-refractivity contribution < 1.29 is 14.3 Å². The molecule has 3 heteroatoms. The van der Waals surface area contributed by atoms with Gasteiger partial charge in [-0.3, -0.25) is 4.79 Å². The highest BCUT2D eigenvalue weighted by molar-refractivity contribution is 5.89. The van der Waals surface area contributed by atoms with E-state index in [0.717, 1.165) is 35.3 Å². The number of hydrogen-bond acceptors (Lipinski definition) is 3. The van der Waals surface area contributed by atoms with Crippen molar-refractivity contribution in [2.45, 2.75) is 58.7 Å². The summed E-state index contributed by atoms with van der Waals surface area (Å²) in [6.07, 6.45) is 9.46. The van der Waals surface area contributed by atoms with Gasteiger partial charge in [0.15, 0.2) is 17.3 Å². The van der Waals surface area contributed by atoms with E-state index >= 15 is 0 Å². The lowest BCUT2D eigenvalue weighted by Gasteiger charge is -2.14. The van der Waals surface area contributed by atoms with Crippen molar-refractivity contribution in [2.24, 2.45) is 0 Å². The first-order valence-electron chi connectivity index (χ1n) is 11.9. The maximum Gasteiger partial charge on any atom is 0.161 e. The number of rotatable bonds is 14. The molecule has 0 saturated carbocycles. The summed E-state index contributed by atoms with van der Waals surface area (Å²) in [4.78, 5) is 12.1. The number of ketones is 1. The van der Waals surface area contributed by atoms with Gasteiger partial charge < -0.3 is 9.47 Å². The molecule has 33 heavy (non-hydrogen) atoms. The SMILES string of the molecule is CCCCCCC(=O)/C=C/Cc1ccc(OCc2ccccc2)c(OCc2ccccc2)c1. The van der Waals surface area contributed by atoms with Gasteiger partial charge in [0.25, 0.3) is 0 Å². The average Bonchev–Trinajstić information content (AvgIpc) is 2.86. The van der Waals surface area contributed by atoms with Crippen LogP contribution in [0.15, 0.2) is 91.0 Å². The molecule has 0 aliphatic carbocycles.